The molecule has 0 aliphatic heterocycles. The van der Waals surface area contributed by atoms with E-state index in [1.807, 2.05) is 36.6 Å². The van der Waals surface area contributed by atoms with Gasteiger partial charge in [0.2, 0.25) is 5.91 Å². The van der Waals surface area contributed by atoms with Crippen LogP contribution in [0.25, 0.3) is 5.69 Å². The Morgan fingerprint density at radius 2 is 1.85 bits per heavy atom. The number of anilines is 2. The van der Waals surface area contributed by atoms with Gasteiger partial charge in [-0.2, -0.15) is 0 Å². The molecule has 0 aliphatic rings. The van der Waals surface area contributed by atoms with Crippen LogP contribution in [0.2, 0.25) is 0 Å². The molecule has 0 atom stereocenters. The van der Waals surface area contributed by atoms with Gasteiger partial charge in [-0.15, -0.1) is 0 Å². The summed E-state index contributed by atoms with van der Waals surface area (Å²) in [5.41, 5.74) is 1.51. The minimum atomic E-state index is -0.581. The third kappa shape index (κ3) is 4.17. The fourth-order valence-corrected chi connectivity index (χ4v) is 3.09. The van der Waals surface area contributed by atoms with E-state index in [4.69, 9.17) is 0 Å². The number of nitrogens with one attached hydrogen (secondary N) is 2. The van der Waals surface area contributed by atoms with E-state index in [2.05, 4.69) is 15.6 Å². The molecule has 8 heteroatoms. The number of carbonyl (C=O) groups is 2. The fraction of sp³-hybridized carbons (Fsp3) is 0.105. The van der Waals surface area contributed by atoms with Gasteiger partial charge >= 0.3 is 0 Å². The van der Waals surface area contributed by atoms with Gasteiger partial charge < -0.3 is 10.6 Å². The minimum absolute atomic E-state index is 0.00155. The second-order valence-corrected chi connectivity index (χ2v) is 6.40. The van der Waals surface area contributed by atoms with Crippen LogP contribution in [0.15, 0.2) is 59.9 Å². The number of imidazole rings is 1. The second-order valence-electron chi connectivity index (χ2n) is 5.63. The number of rotatable bonds is 5. The summed E-state index contributed by atoms with van der Waals surface area (Å²) in [6, 6.07) is 13.4. The van der Waals surface area contributed by atoms with Crippen LogP contribution in [0, 0.1) is 5.82 Å². The third-order valence-corrected chi connectivity index (χ3v) is 4.35. The summed E-state index contributed by atoms with van der Waals surface area (Å²) in [5.74, 6) is -1.38. The number of amides is 2. The first-order chi connectivity index (χ1) is 13.0. The molecule has 0 bridgehead atoms. The van der Waals surface area contributed by atoms with Crippen LogP contribution in [0.5, 0.6) is 0 Å². The van der Waals surface area contributed by atoms with Gasteiger partial charge in [-0.3, -0.25) is 14.2 Å². The summed E-state index contributed by atoms with van der Waals surface area (Å²) in [5, 5.41) is 5.78. The zero-order valence-electron chi connectivity index (χ0n) is 14.7. The number of carbonyl (C=O) groups excluding carboxylic acids is 2. The highest BCUT2D eigenvalue weighted by Crippen LogP contribution is 2.24. The summed E-state index contributed by atoms with van der Waals surface area (Å²) < 4.78 is 15.5. The predicted octanol–water partition coefficient (Wildman–Crippen LogP) is 3.94. The molecule has 0 fully saturated rings. The number of hydrogen-bond acceptors (Lipinski definition) is 4. The van der Waals surface area contributed by atoms with Gasteiger partial charge in [0.25, 0.3) is 5.91 Å². The van der Waals surface area contributed by atoms with Crippen molar-refractivity contribution in [3.63, 3.8) is 0 Å². The standard InChI is InChI=1S/C19H17FN4O2S/c1-12(25)22-16-10-13(8-9-15(16)20)23-18(26)17-11-21-19(27-2)24(17)14-6-4-3-5-7-14/h3-11H,1-2H3,(H,22,25)(H,23,26). The van der Waals surface area contributed by atoms with Crippen molar-refractivity contribution in [2.24, 2.45) is 0 Å². The molecular formula is C19H17FN4O2S. The molecule has 0 aliphatic carbocycles. The summed E-state index contributed by atoms with van der Waals surface area (Å²) >= 11 is 1.42. The first kappa shape index (κ1) is 18.7. The van der Waals surface area contributed by atoms with Crippen LogP contribution in [-0.4, -0.2) is 27.6 Å². The van der Waals surface area contributed by atoms with Crippen molar-refractivity contribution in [3.8, 4) is 5.69 Å². The number of benzene rings is 2. The lowest BCUT2D eigenvalue weighted by atomic mass is 10.2. The molecule has 3 aromatic rings. The minimum Gasteiger partial charge on any atom is -0.324 e. The maximum Gasteiger partial charge on any atom is 0.274 e. The first-order valence-corrected chi connectivity index (χ1v) is 9.27. The first-order valence-electron chi connectivity index (χ1n) is 8.05. The van der Waals surface area contributed by atoms with Crippen molar-refractivity contribution in [1.82, 2.24) is 9.55 Å². The smallest absolute Gasteiger partial charge is 0.274 e. The largest absolute Gasteiger partial charge is 0.324 e. The molecule has 138 valence electrons. The lowest BCUT2D eigenvalue weighted by Crippen LogP contribution is -2.17. The normalized spacial score (nSPS) is 10.5. The summed E-state index contributed by atoms with van der Waals surface area (Å²) in [6.45, 7) is 1.28. The number of aromatic nitrogens is 2. The molecule has 1 aromatic heterocycles. The lowest BCUT2D eigenvalue weighted by molar-refractivity contribution is -0.114. The van der Waals surface area contributed by atoms with Crippen LogP contribution in [0.1, 0.15) is 17.4 Å². The van der Waals surface area contributed by atoms with E-state index in [0.29, 0.717) is 16.5 Å². The molecule has 1 heterocycles. The molecule has 3 rings (SSSR count). The van der Waals surface area contributed by atoms with Gasteiger partial charge in [-0.05, 0) is 36.6 Å². The Labute approximate surface area is 159 Å². The van der Waals surface area contributed by atoms with Crippen molar-refractivity contribution in [3.05, 3.63) is 66.2 Å². The van der Waals surface area contributed by atoms with E-state index in [9.17, 15) is 14.0 Å². The van der Waals surface area contributed by atoms with E-state index in [1.165, 1.54) is 43.1 Å². The van der Waals surface area contributed by atoms with Crippen LogP contribution >= 0.6 is 11.8 Å². The van der Waals surface area contributed by atoms with Crippen molar-refractivity contribution in [2.75, 3.05) is 16.9 Å². The highest BCUT2D eigenvalue weighted by Gasteiger charge is 2.18. The Bertz CT molecular complexity index is 989. The van der Waals surface area contributed by atoms with Crippen LogP contribution < -0.4 is 10.6 Å². The van der Waals surface area contributed by atoms with E-state index in [-0.39, 0.29) is 5.69 Å². The van der Waals surface area contributed by atoms with Crippen molar-refractivity contribution < 1.29 is 14.0 Å². The fourth-order valence-electron chi connectivity index (χ4n) is 2.55. The summed E-state index contributed by atoms with van der Waals surface area (Å²) in [6.07, 6.45) is 3.37. The van der Waals surface area contributed by atoms with Gasteiger partial charge in [0.1, 0.15) is 11.5 Å². The Morgan fingerprint density at radius 3 is 2.52 bits per heavy atom. The van der Waals surface area contributed by atoms with E-state index in [0.717, 1.165) is 5.69 Å². The maximum absolute atomic E-state index is 13.8. The number of halogens is 1. The van der Waals surface area contributed by atoms with Gasteiger partial charge in [-0.1, -0.05) is 30.0 Å². The molecule has 2 aromatic carbocycles. The number of nitrogens with zero attached hydrogens (tertiary/aromatic N) is 2. The van der Waals surface area contributed by atoms with Gasteiger partial charge in [0.15, 0.2) is 5.16 Å². The molecular weight excluding hydrogens is 367 g/mol. The van der Waals surface area contributed by atoms with E-state index < -0.39 is 17.6 Å². The summed E-state index contributed by atoms with van der Waals surface area (Å²) in [4.78, 5) is 28.3. The zero-order valence-corrected chi connectivity index (χ0v) is 15.5. The molecule has 0 radical (unpaired) electrons. The number of thioether (sulfide) groups is 1. The predicted molar refractivity (Wildman–Crippen MR) is 104 cm³/mol. The zero-order chi connectivity index (χ0) is 19.4. The quantitative estimate of drug-likeness (QED) is 0.653. The van der Waals surface area contributed by atoms with Crippen LogP contribution in [0.3, 0.4) is 0 Å². The Morgan fingerprint density at radius 1 is 1.11 bits per heavy atom. The maximum atomic E-state index is 13.8. The Balaban J connectivity index is 1.92. The monoisotopic (exact) mass is 384 g/mol. The molecule has 6 nitrogen and oxygen atoms in total. The van der Waals surface area contributed by atoms with E-state index in [1.54, 1.807) is 4.57 Å². The third-order valence-electron chi connectivity index (χ3n) is 3.69. The number of para-hydroxylation sites is 1. The van der Waals surface area contributed by atoms with Crippen molar-refractivity contribution >= 4 is 35.0 Å². The second kappa shape index (κ2) is 8.05. The van der Waals surface area contributed by atoms with Crippen LogP contribution in [-0.2, 0) is 4.79 Å². The van der Waals surface area contributed by atoms with Crippen molar-refractivity contribution in [2.45, 2.75) is 12.1 Å². The molecule has 0 saturated heterocycles. The number of hydrogen-bond donors (Lipinski definition) is 2. The topological polar surface area (TPSA) is 76.0 Å². The highest BCUT2D eigenvalue weighted by molar-refractivity contribution is 7.98. The SMILES string of the molecule is CSc1ncc(C(=O)Nc2ccc(F)c(NC(C)=O)c2)n1-c1ccccc1. The summed E-state index contributed by atoms with van der Waals surface area (Å²) in [7, 11) is 0. The molecule has 0 saturated carbocycles. The molecule has 0 spiro atoms. The van der Waals surface area contributed by atoms with Gasteiger partial charge in [0.05, 0.1) is 11.9 Å². The lowest BCUT2D eigenvalue weighted by Gasteiger charge is -2.12. The average molecular weight is 384 g/mol. The van der Waals surface area contributed by atoms with Crippen LogP contribution in [0.4, 0.5) is 15.8 Å². The molecule has 2 amide bonds. The van der Waals surface area contributed by atoms with Gasteiger partial charge in [-0.25, -0.2) is 9.37 Å². The molecule has 2 N–H and O–H groups in total. The van der Waals surface area contributed by atoms with E-state index >= 15 is 0 Å². The highest BCUT2D eigenvalue weighted by atomic mass is 32.2. The molecule has 27 heavy (non-hydrogen) atoms. The molecule has 0 unspecified atom stereocenters. The Hall–Kier alpha value is -3.13. The van der Waals surface area contributed by atoms with Crippen molar-refractivity contribution in [1.29, 1.82) is 0 Å². The van der Waals surface area contributed by atoms with Gasteiger partial charge in [0, 0.05) is 18.3 Å². The average Bonchev–Trinajstić information content (AvgIpc) is 3.09. The Kier molecular flexibility index (Phi) is 5.56.